The van der Waals surface area contributed by atoms with Gasteiger partial charge in [-0.1, -0.05) is 13.0 Å². The predicted molar refractivity (Wildman–Crippen MR) is 74.9 cm³/mol. The number of rotatable bonds is 6. The maximum atomic E-state index is 12.1. The van der Waals surface area contributed by atoms with E-state index in [0.29, 0.717) is 12.5 Å². The van der Waals surface area contributed by atoms with Gasteiger partial charge in [0.15, 0.2) is 0 Å². The Kier molecular flexibility index (Phi) is 4.19. The first-order valence-electron chi connectivity index (χ1n) is 6.33. The Bertz CT molecular complexity index is 694. The number of sulfonamides is 2. The molecule has 1 aliphatic carbocycles. The second kappa shape index (κ2) is 5.44. The molecule has 1 aromatic carbocycles. The number of primary sulfonamides is 1. The number of hydrogen-bond acceptors (Lipinski definition) is 4. The molecule has 3 N–H and O–H groups in total. The monoisotopic (exact) mass is 318 g/mol. The minimum atomic E-state index is -3.91. The van der Waals surface area contributed by atoms with E-state index < -0.39 is 20.0 Å². The Labute approximate surface area is 119 Å². The molecule has 1 fully saturated rings. The highest BCUT2D eigenvalue weighted by molar-refractivity contribution is 7.90. The highest BCUT2D eigenvalue weighted by atomic mass is 32.2. The Morgan fingerprint density at radius 3 is 2.40 bits per heavy atom. The molecule has 112 valence electrons. The van der Waals surface area contributed by atoms with Gasteiger partial charge < -0.3 is 0 Å². The van der Waals surface area contributed by atoms with E-state index in [1.54, 1.807) is 0 Å². The average Bonchev–Trinajstić information content (AvgIpc) is 3.19. The summed E-state index contributed by atoms with van der Waals surface area (Å²) >= 11 is 0. The molecule has 0 saturated heterocycles. The molecule has 1 atom stereocenters. The average molecular weight is 318 g/mol. The standard InChI is InChI=1S/C12H18N2O4S2/c1-9(10-5-6-10)8-14-20(17,18)12-4-2-3-11(7-12)19(13,15)16/h2-4,7,9-10,14H,5-6,8H2,1H3,(H2,13,15,16). The third-order valence-corrected chi connectivity index (χ3v) is 5.80. The van der Waals surface area contributed by atoms with E-state index in [0.717, 1.165) is 18.9 Å². The van der Waals surface area contributed by atoms with Crippen LogP contribution in [0.15, 0.2) is 34.1 Å². The van der Waals surface area contributed by atoms with Crippen molar-refractivity contribution in [3.63, 3.8) is 0 Å². The van der Waals surface area contributed by atoms with E-state index in [2.05, 4.69) is 4.72 Å². The van der Waals surface area contributed by atoms with Crippen molar-refractivity contribution in [1.82, 2.24) is 4.72 Å². The molecular weight excluding hydrogens is 300 g/mol. The van der Waals surface area contributed by atoms with Crippen molar-refractivity contribution >= 4 is 20.0 Å². The van der Waals surface area contributed by atoms with E-state index in [9.17, 15) is 16.8 Å². The zero-order valence-electron chi connectivity index (χ0n) is 11.1. The predicted octanol–water partition coefficient (Wildman–Crippen LogP) is 0.658. The van der Waals surface area contributed by atoms with Crippen molar-refractivity contribution in [2.75, 3.05) is 6.54 Å². The van der Waals surface area contributed by atoms with Crippen LogP contribution in [-0.4, -0.2) is 23.4 Å². The van der Waals surface area contributed by atoms with Gasteiger partial charge in [-0.25, -0.2) is 26.7 Å². The SMILES string of the molecule is CC(CNS(=O)(=O)c1cccc(S(N)(=O)=O)c1)C1CC1. The van der Waals surface area contributed by atoms with Gasteiger partial charge in [0.2, 0.25) is 20.0 Å². The topological polar surface area (TPSA) is 106 Å². The second-order valence-corrected chi connectivity index (χ2v) is 8.51. The summed E-state index contributed by atoms with van der Waals surface area (Å²) in [5.74, 6) is 0.875. The van der Waals surface area contributed by atoms with Gasteiger partial charge in [0.25, 0.3) is 0 Å². The van der Waals surface area contributed by atoms with Crippen molar-refractivity contribution in [1.29, 1.82) is 0 Å². The van der Waals surface area contributed by atoms with Gasteiger partial charge in [-0.2, -0.15) is 0 Å². The van der Waals surface area contributed by atoms with Crippen molar-refractivity contribution in [3.05, 3.63) is 24.3 Å². The molecule has 0 radical (unpaired) electrons. The van der Waals surface area contributed by atoms with Gasteiger partial charge in [0.05, 0.1) is 9.79 Å². The third kappa shape index (κ3) is 3.78. The molecule has 0 aliphatic heterocycles. The van der Waals surface area contributed by atoms with Crippen molar-refractivity contribution in [2.24, 2.45) is 17.0 Å². The van der Waals surface area contributed by atoms with Crippen LogP contribution in [0, 0.1) is 11.8 Å². The first kappa shape index (κ1) is 15.4. The molecule has 1 unspecified atom stereocenters. The first-order valence-corrected chi connectivity index (χ1v) is 9.35. The van der Waals surface area contributed by atoms with Crippen LogP contribution in [0.3, 0.4) is 0 Å². The summed E-state index contributed by atoms with van der Waals surface area (Å²) in [5.41, 5.74) is 0. The molecule has 1 saturated carbocycles. The van der Waals surface area contributed by atoms with E-state index in [1.165, 1.54) is 18.2 Å². The Morgan fingerprint density at radius 1 is 1.25 bits per heavy atom. The van der Waals surface area contributed by atoms with Crippen LogP contribution in [-0.2, 0) is 20.0 Å². The highest BCUT2D eigenvalue weighted by Gasteiger charge is 2.29. The zero-order chi connectivity index (χ0) is 15.0. The summed E-state index contributed by atoms with van der Waals surface area (Å²) in [6.07, 6.45) is 2.29. The summed E-state index contributed by atoms with van der Waals surface area (Å²) in [7, 11) is -7.63. The van der Waals surface area contributed by atoms with Crippen molar-refractivity contribution < 1.29 is 16.8 Å². The lowest BCUT2D eigenvalue weighted by atomic mass is 10.1. The Hall–Kier alpha value is -0.960. The van der Waals surface area contributed by atoms with Crippen LogP contribution in [0.5, 0.6) is 0 Å². The molecule has 6 nitrogen and oxygen atoms in total. The zero-order valence-corrected chi connectivity index (χ0v) is 12.7. The van der Waals surface area contributed by atoms with Crippen LogP contribution in [0.1, 0.15) is 19.8 Å². The summed E-state index contributed by atoms with van der Waals surface area (Å²) in [5, 5.41) is 5.00. The number of nitrogens with two attached hydrogens (primary N) is 1. The Balaban J connectivity index is 2.16. The van der Waals surface area contributed by atoms with Crippen LogP contribution < -0.4 is 9.86 Å². The van der Waals surface area contributed by atoms with Crippen LogP contribution in [0.4, 0.5) is 0 Å². The molecule has 1 aromatic rings. The Morgan fingerprint density at radius 2 is 1.85 bits per heavy atom. The maximum Gasteiger partial charge on any atom is 0.240 e. The summed E-state index contributed by atoms with van der Waals surface area (Å²) in [4.78, 5) is -0.303. The minimum absolute atomic E-state index is 0.0907. The smallest absolute Gasteiger partial charge is 0.225 e. The molecular formula is C12H18N2O4S2. The lowest BCUT2D eigenvalue weighted by molar-refractivity contribution is 0.492. The molecule has 0 amide bonds. The van der Waals surface area contributed by atoms with Gasteiger partial charge >= 0.3 is 0 Å². The van der Waals surface area contributed by atoms with Crippen LogP contribution in [0.25, 0.3) is 0 Å². The second-order valence-electron chi connectivity index (χ2n) is 5.19. The van der Waals surface area contributed by atoms with E-state index in [-0.39, 0.29) is 15.7 Å². The van der Waals surface area contributed by atoms with Gasteiger partial charge in [-0.3, -0.25) is 0 Å². The number of hydrogen-bond donors (Lipinski definition) is 2. The van der Waals surface area contributed by atoms with Gasteiger partial charge in [-0.05, 0) is 42.9 Å². The number of nitrogens with one attached hydrogen (secondary N) is 1. The maximum absolute atomic E-state index is 12.1. The quantitative estimate of drug-likeness (QED) is 0.803. The van der Waals surface area contributed by atoms with E-state index >= 15 is 0 Å². The fourth-order valence-electron chi connectivity index (χ4n) is 1.97. The molecule has 0 aromatic heterocycles. The molecule has 8 heteroatoms. The summed E-state index contributed by atoms with van der Waals surface area (Å²) in [6.45, 7) is 2.35. The molecule has 20 heavy (non-hydrogen) atoms. The van der Waals surface area contributed by atoms with Crippen molar-refractivity contribution in [2.45, 2.75) is 29.6 Å². The van der Waals surface area contributed by atoms with Gasteiger partial charge in [0, 0.05) is 6.54 Å². The lowest BCUT2D eigenvalue weighted by Gasteiger charge is -2.12. The number of benzene rings is 1. The first-order chi connectivity index (χ1) is 9.20. The lowest BCUT2D eigenvalue weighted by Crippen LogP contribution is -2.29. The fourth-order valence-corrected chi connectivity index (χ4v) is 3.80. The molecule has 2 rings (SSSR count). The minimum Gasteiger partial charge on any atom is -0.225 e. The third-order valence-electron chi connectivity index (χ3n) is 3.47. The van der Waals surface area contributed by atoms with E-state index in [4.69, 9.17) is 5.14 Å². The van der Waals surface area contributed by atoms with Gasteiger partial charge in [0.1, 0.15) is 0 Å². The summed E-state index contributed by atoms with van der Waals surface area (Å²) < 4.78 is 49.2. The highest BCUT2D eigenvalue weighted by Crippen LogP contribution is 2.36. The molecule has 1 aliphatic rings. The van der Waals surface area contributed by atoms with Gasteiger partial charge in [-0.15, -0.1) is 0 Å². The molecule has 0 spiro atoms. The van der Waals surface area contributed by atoms with Crippen LogP contribution >= 0.6 is 0 Å². The molecule has 0 bridgehead atoms. The fraction of sp³-hybridized carbons (Fsp3) is 0.500. The van der Waals surface area contributed by atoms with E-state index in [1.807, 2.05) is 6.92 Å². The van der Waals surface area contributed by atoms with Crippen molar-refractivity contribution in [3.8, 4) is 0 Å². The largest absolute Gasteiger partial charge is 0.240 e. The van der Waals surface area contributed by atoms with Crippen LogP contribution in [0.2, 0.25) is 0 Å². The normalized spacial score (nSPS) is 17.9. The molecule has 0 heterocycles. The summed E-state index contributed by atoms with van der Waals surface area (Å²) in [6, 6.07) is 5.04.